The molecule has 0 amide bonds. The third-order valence-electron chi connectivity index (χ3n) is 3.34. The number of halogens is 1. The highest BCUT2D eigenvalue weighted by atomic mass is 79.9. The van der Waals surface area contributed by atoms with Crippen molar-refractivity contribution in [1.29, 1.82) is 0 Å². The molecule has 0 atom stereocenters. The van der Waals surface area contributed by atoms with Crippen LogP contribution < -0.4 is 9.47 Å². The third-order valence-corrected chi connectivity index (χ3v) is 4.09. The lowest BCUT2D eigenvalue weighted by molar-refractivity contribution is 0.0543. The zero-order valence-electron chi connectivity index (χ0n) is 11.1. The van der Waals surface area contributed by atoms with Gasteiger partial charge in [0.1, 0.15) is 16.0 Å². The molecule has 5 heteroatoms. The van der Waals surface area contributed by atoms with Crippen LogP contribution in [0.3, 0.4) is 0 Å². The van der Waals surface area contributed by atoms with Gasteiger partial charge in [0.25, 0.3) is 0 Å². The maximum atomic E-state index is 12.5. The summed E-state index contributed by atoms with van der Waals surface area (Å²) in [6, 6.07) is 3.54. The lowest BCUT2D eigenvalue weighted by Crippen LogP contribution is -2.24. The number of ether oxygens (including phenoxy) is 3. The Morgan fingerprint density at radius 3 is 2.53 bits per heavy atom. The van der Waals surface area contributed by atoms with Gasteiger partial charge >= 0.3 is 0 Å². The topological polar surface area (TPSA) is 44.8 Å². The summed E-state index contributed by atoms with van der Waals surface area (Å²) in [5, 5.41) is 0. The number of hydrogen-bond donors (Lipinski definition) is 0. The van der Waals surface area contributed by atoms with Crippen LogP contribution in [0.5, 0.6) is 11.5 Å². The van der Waals surface area contributed by atoms with Gasteiger partial charge in [0.2, 0.25) is 0 Å². The normalized spacial score (nSPS) is 16.2. The smallest absolute Gasteiger partial charge is 0.169 e. The fourth-order valence-electron chi connectivity index (χ4n) is 2.27. The molecule has 0 spiro atoms. The Bertz CT molecular complexity index is 467. The van der Waals surface area contributed by atoms with E-state index in [0.717, 1.165) is 12.8 Å². The molecule has 104 valence electrons. The standard InChI is InChI=1S/C14H17BrO4/c1-17-11-4-3-10(14(18-2)12(11)15)13(16)9-5-7-19-8-6-9/h3-4,9H,5-8H2,1-2H3. The van der Waals surface area contributed by atoms with Crippen LogP contribution in [0.1, 0.15) is 23.2 Å². The van der Waals surface area contributed by atoms with Crippen molar-refractivity contribution in [2.45, 2.75) is 12.8 Å². The Kier molecular flexibility index (Phi) is 4.82. The first-order valence-electron chi connectivity index (χ1n) is 6.21. The molecule has 19 heavy (non-hydrogen) atoms. The van der Waals surface area contributed by atoms with E-state index in [1.165, 1.54) is 0 Å². The van der Waals surface area contributed by atoms with Crippen LogP contribution in [-0.4, -0.2) is 33.2 Å². The molecule has 0 bridgehead atoms. The average molecular weight is 329 g/mol. The number of hydrogen-bond acceptors (Lipinski definition) is 4. The summed E-state index contributed by atoms with van der Waals surface area (Å²) in [7, 11) is 3.14. The summed E-state index contributed by atoms with van der Waals surface area (Å²) in [4.78, 5) is 12.5. The Balaban J connectivity index is 2.33. The number of Topliss-reactive ketones (excluding diaryl/α,β-unsaturated/α-hetero) is 1. The molecular formula is C14H17BrO4. The van der Waals surface area contributed by atoms with Crippen molar-refractivity contribution in [1.82, 2.24) is 0 Å². The summed E-state index contributed by atoms with van der Waals surface area (Å²) in [6.07, 6.45) is 1.54. The zero-order valence-corrected chi connectivity index (χ0v) is 12.7. The van der Waals surface area contributed by atoms with Crippen LogP contribution in [0, 0.1) is 5.92 Å². The maximum Gasteiger partial charge on any atom is 0.169 e. The minimum absolute atomic E-state index is 0.0166. The summed E-state index contributed by atoms with van der Waals surface area (Å²) in [5.74, 6) is 1.32. The summed E-state index contributed by atoms with van der Waals surface area (Å²) < 4.78 is 16.5. The summed E-state index contributed by atoms with van der Waals surface area (Å²) in [6.45, 7) is 1.30. The van der Waals surface area contributed by atoms with Crippen molar-refractivity contribution < 1.29 is 19.0 Å². The Hall–Kier alpha value is -1.07. The van der Waals surface area contributed by atoms with Gasteiger partial charge in [0.15, 0.2) is 5.78 Å². The first kappa shape index (κ1) is 14.3. The van der Waals surface area contributed by atoms with Crippen LogP contribution in [0.2, 0.25) is 0 Å². The highest BCUT2D eigenvalue weighted by Crippen LogP contribution is 2.38. The van der Waals surface area contributed by atoms with E-state index < -0.39 is 0 Å². The van der Waals surface area contributed by atoms with Gasteiger partial charge in [-0.05, 0) is 40.9 Å². The van der Waals surface area contributed by atoms with Crippen LogP contribution in [0.4, 0.5) is 0 Å². The highest BCUT2D eigenvalue weighted by molar-refractivity contribution is 9.10. The second-order valence-electron chi connectivity index (χ2n) is 4.41. The molecule has 0 aliphatic carbocycles. The summed E-state index contributed by atoms with van der Waals surface area (Å²) >= 11 is 3.42. The van der Waals surface area contributed by atoms with Crippen molar-refractivity contribution in [3.05, 3.63) is 22.2 Å². The SMILES string of the molecule is COc1ccc(C(=O)C2CCOCC2)c(OC)c1Br. The van der Waals surface area contributed by atoms with E-state index >= 15 is 0 Å². The number of ketones is 1. The van der Waals surface area contributed by atoms with E-state index in [-0.39, 0.29) is 11.7 Å². The Morgan fingerprint density at radius 1 is 1.26 bits per heavy atom. The monoisotopic (exact) mass is 328 g/mol. The van der Waals surface area contributed by atoms with E-state index in [0.29, 0.717) is 34.7 Å². The van der Waals surface area contributed by atoms with Gasteiger partial charge in [-0.25, -0.2) is 0 Å². The van der Waals surface area contributed by atoms with Gasteiger partial charge < -0.3 is 14.2 Å². The van der Waals surface area contributed by atoms with Gasteiger partial charge in [-0.1, -0.05) is 0 Å². The molecule has 0 radical (unpaired) electrons. The van der Waals surface area contributed by atoms with Crippen molar-refractivity contribution >= 4 is 21.7 Å². The molecule has 0 unspecified atom stereocenters. The minimum Gasteiger partial charge on any atom is -0.495 e. The van der Waals surface area contributed by atoms with Gasteiger partial charge in [0, 0.05) is 19.1 Å². The third kappa shape index (κ3) is 2.92. The Morgan fingerprint density at radius 2 is 1.95 bits per heavy atom. The number of benzene rings is 1. The van der Waals surface area contributed by atoms with Crippen LogP contribution >= 0.6 is 15.9 Å². The maximum absolute atomic E-state index is 12.5. The molecule has 1 heterocycles. The average Bonchev–Trinajstić information content (AvgIpc) is 2.47. The van der Waals surface area contributed by atoms with Crippen molar-refractivity contribution in [3.8, 4) is 11.5 Å². The zero-order chi connectivity index (χ0) is 13.8. The van der Waals surface area contributed by atoms with Crippen molar-refractivity contribution in [2.75, 3.05) is 27.4 Å². The fraction of sp³-hybridized carbons (Fsp3) is 0.500. The van der Waals surface area contributed by atoms with Gasteiger partial charge in [0.05, 0.1) is 19.8 Å². The predicted octanol–water partition coefficient (Wildman–Crippen LogP) is 3.08. The van der Waals surface area contributed by atoms with Crippen LogP contribution in [0.25, 0.3) is 0 Å². The molecule has 0 N–H and O–H groups in total. The highest BCUT2D eigenvalue weighted by Gasteiger charge is 2.26. The van der Waals surface area contributed by atoms with E-state index in [1.807, 2.05) is 0 Å². The number of carbonyl (C=O) groups is 1. The molecular weight excluding hydrogens is 312 g/mol. The van der Waals surface area contributed by atoms with Gasteiger partial charge in [-0.15, -0.1) is 0 Å². The van der Waals surface area contributed by atoms with Crippen molar-refractivity contribution in [2.24, 2.45) is 5.92 Å². The molecule has 1 fully saturated rings. The lowest BCUT2D eigenvalue weighted by atomic mass is 9.90. The first-order chi connectivity index (χ1) is 9.19. The van der Waals surface area contributed by atoms with E-state index in [2.05, 4.69) is 15.9 Å². The number of rotatable bonds is 4. The molecule has 1 aromatic carbocycles. The lowest BCUT2D eigenvalue weighted by Gasteiger charge is -2.22. The second-order valence-corrected chi connectivity index (χ2v) is 5.21. The summed E-state index contributed by atoms with van der Waals surface area (Å²) in [5.41, 5.74) is 0.599. The molecule has 0 aromatic heterocycles. The largest absolute Gasteiger partial charge is 0.495 e. The molecule has 4 nitrogen and oxygen atoms in total. The number of methoxy groups -OCH3 is 2. The van der Waals surface area contributed by atoms with Gasteiger partial charge in [-0.2, -0.15) is 0 Å². The molecule has 1 aliphatic heterocycles. The predicted molar refractivity (Wildman–Crippen MR) is 75.1 cm³/mol. The first-order valence-corrected chi connectivity index (χ1v) is 7.00. The van der Waals surface area contributed by atoms with E-state index in [4.69, 9.17) is 14.2 Å². The van der Waals surface area contributed by atoms with E-state index in [9.17, 15) is 4.79 Å². The molecule has 0 saturated carbocycles. The van der Waals surface area contributed by atoms with Crippen LogP contribution in [0.15, 0.2) is 16.6 Å². The second kappa shape index (κ2) is 6.39. The molecule has 1 saturated heterocycles. The number of carbonyl (C=O) groups excluding carboxylic acids is 1. The van der Waals surface area contributed by atoms with Crippen molar-refractivity contribution in [3.63, 3.8) is 0 Å². The minimum atomic E-state index is 0.0166. The van der Waals surface area contributed by atoms with E-state index in [1.54, 1.807) is 26.4 Å². The Labute approximate surface area is 121 Å². The quantitative estimate of drug-likeness (QED) is 0.797. The van der Waals surface area contributed by atoms with Crippen LogP contribution in [-0.2, 0) is 4.74 Å². The molecule has 1 aromatic rings. The fourth-order valence-corrected chi connectivity index (χ4v) is 2.94. The van der Waals surface area contributed by atoms with Gasteiger partial charge in [-0.3, -0.25) is 4.79 Å². The molecule has 2 rings (SSSR count). The molecule has 1 aliphatic rings.